The van der Waals surface area contributed by atoms with E-state index in [-0.39, 0.29) is 22.8 Å². The number of amides is 4. The summed E-state index contributed by atoms with van der Waals surface area (Å²) in [4.78, 5) is 59.5. The second-order valence-corrected chi connectivity index (χ2v) is 8.47. The van der Waals surface area contributed by atoms with Crippen molar-refractivity contribution in [1.29, 1.82) is 0 Å². The first kappa shape index (κ1) is 26.0. The number of benzene rings is 3. The van der Waals surface area contributed by atoms with Gasteiger partial charge in [0, 0.05) is 6.07 Å². The Morgan fingerprint density at radius 1 is 0.921 bits per heavy atom. The van der Waals surface area contributed by atoms with E-state index in [1.165, 1.54) is 43.5 Å². The number of imide groups is 2. The van der Waals surface area contributed by atoms with E-state index in [0.717, 1.165) is 23.1 Å². The van der Waals surface area contributed by atoms with Crippen LogP contribution in [0.2, 0.25) is 0 Å². The molecule has 0 atom stereocenters. The maximum Gasteiger partial charge on any atom is 0.335 e. The van der Waals surface area contributed by atoms with Crippen LogP contribution in [0, 0.1) is 20.2 Å². The molecule has 38 heavy (non-hydrogen) atoms. The largest absolute Gasteiger partial charge is 0.497 e. The highest BCUT2D eigenvalue weighted by Crippen LogP contribution is 2.37. The number of carbonyl (C=O) groups excluding carboxylic acids is 3. The van der Waals surface area contributed by atoms with E-state index in [1.807, 2.05) is 0 Å². The normalized spacial score (nSPS) is 14.3. The molecule has 1 heterocycles. The molecule has 4 amide bonds. The average Bonchev–Trinajstić information content (AvgIpc) is 2.88. The summed E-state index contributed by atoms with van der Waals surface area (Å²) in [5, 5.41) is 24.4. The third-order valence-corrected chi connectivity index (χ3v) is 5.89. The van der Waals surface area contributed by atoms with Gasteiger partial charge in [0.2, 0.25) is 5.75 Å². The zero-order chi connectivity index (χ0) is 27.6. The minimum Gasteiger partial charge on any atom is -0.497 e. The van der Waals surface area contributed by atoms with Gasteiger partial charge in [-0.2, -0.15) is 0 Å². The van der Waals surface area contributed by atoms with Crippen molar-refractivity contribution < 1.29 is 33.7 Å². The zero-order valence-electron chi connectivity index (χ0n) is 19.2. The first-order valence-electron chi connectivity index (χ1n) is 10.5. The second kappa shape index (κ2) is 10.5. The topological polar surface area (TPSA) is 171 Å². The molecule has 1 saturated heterocycles. The van der Waals surface area contributed by atoms with E-state index in [9.17, 15) is 34.6 Å². The highest BCUT2D eigenvalue weighted by atomic mass is 79.9. The molecule has 192 valence electrons. The third-order valence-electron chi connectivity index (χ3n) is 5.27. The Labute approximate surface area is 221 Å². The van der Waals surface area contributed by atoms with Crippen molar-refractivity contribution in [2.24, 2.45) is 0 Å². The lowest BCUT2D eigenvalue weighted by Crippen LogP contribution is -2.54. The standard InChI is InChI=1S/C24H15BrN4O9/c1-37-16-6-3-14(4-7-16)27-23(31)17(22(30)26-24(27)32)10-13-2-8-20(18(25)11-13)38-21-9-5-15(28(33)34)12-19(21)29(35)36/h2-12H,1H3,(H,26,30,32)/b17-10+. The van der Waals surface area contributed by atoms with Crippen molar-refractivity contribution in [2.45, 2.75) is 0 Å². The van der Waals surface area contributed by atoms with Gasteiger partial charge in [-0.05, 0) is 70.0 Å². The molecule has 0 unspecified atom stereocenters. The molecule has 3 aromatic carbocycles. The number of barbiturate groups is 1. The molecule has 1 aliphatic rings. The van der Waals surface area contributed by atoms with Gasteiger partial charge in [-0.3, -0.25) is 35.1 Å². The number of anilines is 1. The van der Waals surface area contributed by atoms with Gasteiger partial charge in [-0.15, -0.1) is 0 Å². The van der Waals surface area contributed by atoms with E-state index in [2.05, 4.69) is 21.2 Å². The molecule has 0 radical (unpaired) electrons. The Morgan fingerprint density at radius 3 is 2.21 bits per heavy atom. The van der Waals surface area contributed by atoms with Crippen LogP contribution in [0.25, 0.3) is 6.08 Å². The van der Waals surface area contributed by atoms with Crippen molar-refractivity contribution in [3.05, 3.63) is 96.5 Å². The summed E-state index contributed by atoms with van der Waals surface area (Å²) >= 11 is 3.28. The summed E-state index contributed by atoms with van der Waals surface area (Å²) in [5.41, 5.74) is -0.800. The predicted octanol–water partition coefficient (Wildman–Crippen LogP) is 4.73. The monoisotopic (exact) mass is 582 g/mol. The highest BCUT2D eigenvalue weighted by Gasteiger charge is 2.36. The number of nitro benzene ring substituents is 2. The second-order valence-electron chi connectivity index (χ2n) is 7.61. The predicted molar refractivity (Wildman–Crippen MR) is 136 cm³/mol. The number of methoxy groups -OCH3 is 1. The molecule has 1 N–H and O–H groups in total. The number of nitrogens with one attached hydrogen (secondary N) is 1. The fraction of sp³-hybridized carbons (Fsp3) is 0.0417. The fourth-order valence-electron chi connectivity index (χ4n) is 3.45. The van der Waals surface area contributed by atoms with Crippen molar-refractivity contribution in [3.63, 3.8) is 0 Å². The van der Waals surface area contributed by atoms with Crippen molar-refractivity contribution in [2.75, 3.05) is 12.0 Å². The van der Waals surface area contributed by atoms with Crippen LogP contribution in [0.5, 0.6) is 17.2 Å². The zero-order valence-corrected chi connectivity index (χ0v) is 20.8. The molecular weight excluding hydrogens is 568 g/mol. The van der Waals surface area contributed by atoms with Crippen LogP contribution in [0.15, 0.2) is 70.7 Å². The summed E-state index contributed by atoms with van der Waals surface area (Å²) in [5.74, 6) is -1.33. The first-order chi connectivity index (χ1) is 18.1. The summed E-state index contributed by atoms with van der Waals surface area (Å²) in [6, 6.07) is 12.5. The molecule has 1 fully saturated rings. The number of hydrogen-bond donors (Lipinski definition) is 1. The molecule has 14 heteroatoms. The van der Waals surface area contributed by atoms with E-state index in [4.69, 9.17) is 9.47 Å². The lowest BCUT2D eigenvalue weighted by atomic mass is 10.1. The van der Waals surface area contributed by atoms with Crippen LogP contribution in [-0.4, -0.2) is 34.8 Å². The first-order valence-corrected chi connectivity index (χ1v) is 11.3. The van der Waals surface area contributed by atoms with Crippen LogP contribution in [-0.2, 0) is 9.59 Å². The van der Waals surface area contributed by atoms with Crippen LogP contribution in [0.4, 0.5) is 21.9 Å². The number of ether oxygens (including phenoxy) is 2. The highest BCUT2D eigenvalue weighted by molar-refractivity contribution is 9.10. The number of rotatable bonds is 7. The van der Waals surface area contributed by atoms with Gasteiger partial charge in [-0.25, -0.2) is 9.69 Å². The lowest BCUT2D eigenvalue weighted by Gasteiger charge is -2.26. The summed E-state index contributed by atoms with van der Waals surface area (Å²) < 4.78 is 11.0. The molecule has 0 saturated carbocycles. The molecule has 1 aliphatic heterocycles. The molecule has 0 bridgehead atoms. The van der Waals surface area contributed by atoms with E-state index < -0.39 is 39.1 Å². The van der Waals surface area contributed by atoms with Crippen LogP contribution >= 0.6 is 15.9 Å². The Balaban J connectivity index is 1.62. The maximum atomic E-state index is 13.1. The van der Waals surface area contributed by atoms with Gasteiger partial charge in [0.1, 0.15) is 17.1 Å². The third kappa shape index (κ3) is 5.19. The Bertz CT molecular complexity index is 1540. The SMILES string of the molecule is COc1ccc(N2C(=O)NC(=O)/C(=C\c3ccc(Oc4ccc([N+](=O)[O-])cc4[N+](=O)[O-])c(Br)c3)C2=O)cc1. The van der Waals surface area contributed by atoms with Crippen molar-refractivity contribution in [1.82, 2.24) is 5.32 Å². The number of urea groups is 1. The number of hydrogen-bond acceptors (Lipinski definition) is 9. The van der Waals surface area contributed by atoms with Gasteiger partial charge < -0.3 is 9.47 Å². The molecule has 13 nitrogen and oxygen atoms in total. The van der Waals surface area contributed by atoms with Crippen LogP contribution in [0.3, 0.4) is 0 Å². The minimum absolute atomic E-state index is 0.124. The quantitative estimate of drug-likeness (QED) is 0.179. The number of carbonyl (C=O) groups is 3. The van der Waals surface area contributed by atoms with E-state index in [0.29, 0.717) is 15.8 Å². The van der Waals surface area contributed by atoms with Gasteiger partial charge in [0.05, 0.1) is 33.2 Å². The number of nitro groups is 2. The summed E-state index contributed by atoms with van der Waals surface area (Å²) in [7, 11) is 1.47. The number of nitrogens with zero attached hydrogens (tertiary/aromatic N) is 3. The van der Waals surface area contributed by atoms with Gasteiger partial charge in [-0.1, -0.05) is 6.07 Å². The average molecular weight is 583 g/mol. The van der Waals surface area contributed by atoms with Gasteiger partial charge >= 0.3 is 11.7 Å². The number of halogens is 1. The fourth-order valence-corrected chi connectivity index (χ4v) is 3.92. The summed E-state index contributed by atoms with van der Waals surface area (Å²) in [6.45, 7) is 0. The molecule has 0 aromatic heterocycles. The van der Waals surface area contributed by atoms with E-state index in [1.54, 1.807) is 12.1 Å². The van der Waals surface area contributed by atoms with Crippen molar-refractivity contribution in [3.8, 4) is 17.2 Å². The Morgan fingerprint density at radius 2 is 1.61 bits per heavy atom. The van der Waals surface area contributed by atoms with Crippen LogP contribution < -0.4 is 19.7 Å². The summed E-state index contributed by atoms with van der Waals surface area (Å²) in [6.07, 6.45) is 1.27. The molecular formula is C24H15BrN4O9. The molecule has 3 aromatic rings. The van der Waals surface area contributed by atoms with E-state index >= 15 is 0 Å². The Kier molecular flexibility index (Phi) is 7.16. The molecule has 4 rings (SSSR count). The maximum absolute atomic E-state index is 13.1. The van der Waals surface area contributed by atoms with Gasteiger partial charge in [0.25, 0.3) is 17.5 Å². The smallest absolute Gasteiger partial charge is 0.335 e. The van der Waals surface area contributed by atoms with Crippen molar-refractivity contribution >= 4 is 56.9 Å². The van der Waals surface area contributed by atoms with Gasteiger partial charge in [0.15, 0.2) is 0 Å². The number of non-ortho nitro benzene ring substituents is 1. The lowest BCUT2D eigenvalue weighted by molar-refractivity contribution is -0.394. The molecule has 0 aliphatic carbocycles. The minimum atomic E-state index is -0.906. The van der Waals surface area contributed by atoms with Crippen LogP contribution in [0.1, 0.15) is 5.56 Å². The Hall–Kier alpha value is -5.11. The molecule has 0 spiro atoms.